The smallest absolute Gasteiger partial charge is 0.295 e. The number of nitrogens with zero attached hydrogens (tertiary/aromatic N) is 4. The van der Waals surface area contributed by atoms with E-state index in [1.807, 2.05) is 0 Å². The minimum Gasteiger partial charge on any atom is -0.295 e. The quantitative estimate of drug-likeness (QED) is 0.473. The summed E-state index contributed by atoms with van der Waals surface area (Å²) >= 11 is 0. The Morgan fingerprint density at radius 1 is 1.28 bits per heavy atom. The van der Waals surface area contributed by atoms with E-state index in [-0.39, 0.29) is 0 Å². The largest absolute Gasteiger partial charge is 0.340 e. The highest BCUT2D eigenvalue weighted by Crippen LogP contribution is 2.28. The molecule has 0 spiro atoms. The summed E-state index contributed by atoms with van der Waals surface area (Å²) in [5, 5.41) is 20.0. The molecule has 1 aliphatic heterocycles. The maximum Gasteiger partial charge on any atom is 0.340 e. The van der Waals surface area contributed by atoms with E-state index >= 15 is 0 Å². The summed E-state index contributed by atoms with van der Waals surface area (Å²) in [5.41, 5.74) is -2.44. The highest BCUT2D eigenvalue weighted by molar-refractivity contribution is 6.01. The van der Waals surface area contributed by atoms with Gasteiger partial charge >= 0.3 is 17.5 Å². The van der Waals surface area contributed by atoms with E-state index in [9.17, 15) is 29.8 Å². The molecule has 0 aromatic carbocycles. The van der Waals surface area contributed by atoms with E-state index in [0.717, 1.165) is 21.0 Å². The Kier molecular flexibility index (Phi) is 3.09. The van der Waals surface area contributed by atoms with Gasteiger partial charge in [0.25, 0.3) is 11.3 Å². The Labute approximate surface area is 100 Å². The highest BCUT2D eigenvalue weighted by Gasteiger charge is 2.64. The van der Waals surface area contributed by atoms with Gasteiger partial charge in [0.1, 0.15) is 0 Å². The topological polar surface area (TPSA) is 136 Å². The van der Waals surface area contributed by atoms with Crippen LogP contribution in [0, 0.1) is 20.2 Å². The number of hydrogen-bond acceptors (Lipinski definition) is 7. The molecule has 1 saturated heterocycles. The van der Waals surface area contributed by atoms with Crippen molar-refractivity contribution in [1.82, 2.24) is 9.80 Å². The van der Waals surface area contributed by atoms with Crippen LogP contribution in [0.5, 0.6) is 0 Å². The highest BCUT2D eigenvalue weighted by atomic mass is 17.0. The summed E-state index contributed by atoms with van der Waals surface area (Å²) in [7, 11) is 2.12. The van der Waals surface area contributed by atoms with Crippen LogP contribution < -0.4 is 0 Å². The van der Waals surface area contributed by atoms with Gasteiger partial charge < -0.3 is 0 Å². The number of carbonyl (C=O) groups is 2. The molecule has 0 unspecified atom stereocenters. The molecule has 1 fully saturated rings. The van der Waals surface area contributed by atoms with Gasteiger partial charge in [-0.2, -0.15) is 0 Å². The third kappa shape index (κ3) is 1.69. The first kappa shape index (κ1) is 13.6. The molecule has 0 aliphatic carbocycles. The van der Waals surface area contributed by atoms with Crippen LogP contribution in [-0.4, -0.2) is 57.6 Å². The molecule has 0 bridgehead atoms. The number of nitro groups is 1. The lowest BCUT2D eigenvalue weighted by Crippen LogP contribution is -2.71. The SMILES string of the molecule is CN1C(=O)N(C)[C@H](O[N+](=O)[O-])[C@@](C)([N+](=O)[O-])C1=O. The fourth-order valence-electron chi connectivity index (χ4n) is 1.67. The van der Waals surface area contributed by atoms with Gasteiger partial charge in [0, 0.05) is 25.9 Å². The molecule has 1 rings (SSSR count). The van der Waals surface area contributed by atoms with E-state index in [1.165, 1.54) is 0 Å². The maximum atomic E-state index is 11.8. The second kappa shape index (κ2) is 4.09. The number of amides is 3. The number of carbonyl (C=O) groups excluding carboxylic acids is 2. The van der Waals surface area contributed by atoms with Crippen molar-refractivity contribution in [3.8, 4) is 0 Å². The number of imide groups is 1. The lowest BCUT2D eigenvalue weighted by Gasteiger charge is -2.40. The van der Waals surface area contributed by atoms with Crippen LogP contribution in [0.3, 0.4) is 0 Å². The van der Waals surface area contributed by atoms with Gasteiger partial charge in [0.15, 0.2) is 0 Å². The summed E-state index contributed by atoms with van der Waals surface area (Å²) in [6, 6.07) is -0.925. The lowest BCUT2D eigenvalue weighted by molar-refractivity contribution is -0.787. The molecule has 0 N–H and O–H groups in total. The minimum atomic E-state index is -2.44. The predicted octanol–water partition coefficient (Wildman–Crippen LogP) is -0.920. The number of hydrogen-bond donors (Lipinski definition) is 0. The Bertz CT molecular complexity index is 438. The van der Waals surface area contributed by atoms with E-state index in [1.54, 1.807) is 0 Å². The number of rotatable bonds is 3. The zero-order valence-corrected chi connectivity index (χ0v) is 9.72. The molecule has 3 amide bonds. The van der Waals surface area contributed by atoms with E-state index in [2.05, 4.69) is 4.84 Å². The average Bonchev–Trinajstić information content (AvgIpc) is 2.29. The van der Waals surface area contributed by atoms with Crippen LogP contribution >= 0.6 is 0 Å². The number of urea groups is 1. The third-order valence-electron chi connectivity index (χ3n) is 2.72. The second-order valence-corrected chi connectivity index (χ2v) is 3.84. The van der Waals surface area contributed by atoms with Gasteiger partial charge in [-0.05, 0) is 0 Å². The molecule has 18 heavy (non-hydrogen) atoms. The van der Waals surface area contributed by atoms with Crippen LogP contribution in [0.4, 0.5) is 4.79 Å². The van der Waals surface area contributed by atoms with Crippen molar-refractivity contribution in [2.75, 3.05) is 14.1 Å². The van der Waals surface area contributed by atoms with E-state index in [0.29, 0.717) is 9.80 Å². The van der Waals surface area contributed by atoms with Crippen LogP contribution in [0.15, 0.2) is 0 Å². The summed E-state index contributed by atoms with van der Waals surface area (Å²) in [6.45, 7) is 0.864. The first-order chi connectivity index (χ1) is 8.13. The van der Waals surface area contributed by atoms with Crippen molar-refractivity contribution in [3.05, 3.63) is 20.2 Å². The van der Waals surface area contributed by atoms with Gasteiger partial charge in [0.05, 0.1) is 0 Å². The zero-order valence-electron chi connectivity index (χ0n) is 9.72. The first-order valence-corrected chi connectivity index (χ1v) is 4.64. The normalized spacial score (nSPS) is 28.3. The molecule has 1 heterocycles. The second-order valence-electron chi connectivity index (χ2n) is 3.84. The van der Waals surface area contributed by atoms with Crippen molar-refractivity contribution in [2.24, 2.45) is 0 Å². The van der Waals surface area contributed by atoms with E-state index < -0.39 is 33.7 Å². The van der Waals surface area contributed by atoms with Crippen molar-refractivity contribution in [3.63, 3.8) is 0 Å². The predicted molar refractivity (Wildman–Crippen MR) is 53.2 cm³/mol. The molecule has 0 aromatic heterocycles. The van der Waals surface area contributed by atoms with Gasteiger partial charge in [-0.25, -0.2) is 4.79 Å². The fraction of sp³-hybridized carbons (Fsp3) is 0.714. The Morgan fingerprint density at radius 2 is 1.78 bits per heavy atom. The van der Waals surface area contributed by atoms with Gasteiger partial charge in [-0.3, -0.25) is 29.5 Å². The third-order valence-corrected chi connectivity index (χ3v) is 2.72. The molecule has 0 saturated carbocycles. The summed E-state index contributed by atoms with van der Waals surface area (Å²) in [6.07, 6.45) is -1.92. The van der Waals surface area contributed by atoms with E-state index in [4.69, 9.17) is 0 Å². The molecule has 0 radical (unpaired) electrons. The van der Waals surface area contributed by atoms with Gasteiger partial charge in [-0.1, -0.05) is 0 Å². The minimum absolute atomic E-state index is 0.516. The standard InChI is InChI=1S/C7H10N4O7/c1-7(10(14)15)4(12)8(2)6(13)9(3)5(7)18-11(16)17/h5H,1-3H3/t5-,7+/m1/s1. The Morgan fingerprint density at radius 3 is 2.17 bits per heavy atom. The van der Waals surface area contributed by atoms with Crippen molar-refractivity contribution < 1.29 is 24.4 Å². The molecule has 11 nitrogen and oxygen atoms in total. The van der Waals surface area contributed by atoms with Crippen molar-refractivity contribution in [1.29, 1.82) is 0 Å². The Balaban J connectivity index is 3.31. The van der Waals surface area contributed by atoms with Crippen LogP contribution in [-0.2, 0) is 9.63 Å². The monoisotopic (exact) mass is 262 g/mol. The van der Waals surface area contributed by atoms with Crippen molar-refractivity contribution >= 4 is 11.9 Å². The molecule has 2 atom stereocenters. The fourth-order valence-corrected chi connectivity index (χ4v) is 1.67. The summed E-state index contributed by atoms with van der Waals surface area (Å²) < 4.78 is 0. The maximum absolute atomic E-state index is 11.8. The lowest BCUT2D eigenvalue weighted by atomic mass is 9.96. The molecule has 100 valence electrons. The molecule has 0 aromatic rings. The zero-order chi connectivity index (χ0) is 14.2. The molecular weight excluding hydrogens is 252 g/mol. The first-order valence-electron chi connectivity index (χ1n) is 4.64. The summed E-state index contributed by atoms with van der Waals surface area (Å²) in [4.78, 5) is 48.9. The van der Waals surface area contributed by atoms with Crippen LogP contribution in [0.2, 0.25) is 0 Å². The van der Waals surface area contributed by atoms with Crippen LogP contribution in [0.25, 0.3) is 0 Å². The Hall–Kier alpha value is -2.46. The van der Waals surface area contributed by atoms with Gasteiger partial charge in [-0.15, -0.1) is 10.1 Å². The van der Waals surface area contributed by atoms with Gasteiger partial charge in [0.2, 0.25) is 0 Å². The summed E-state index contributed by atoms with van der Waals surface area (Å²) in [5.74, 6) is -1.18. The van der Waals surface area contributed by atoms with Crippen LogP contribution in [0.1, 0.15) is 6.92 Å². The number of likely N-dealkylation sites (N-methyl/N-ethyl adjacent to an activating group) is 2. The molecule has 11 heteroatoms. The average molecular weight is 262 g/mol. The molecular formula is C7H10N4O7. The molecule has 1 aliphatic rings. The van der Waals surface area contributed by atoms with Crippen molar-refractivity contribution in [2.45, 2.75) is 18.7 Å².